The van der Waals surface area contributed by atoms with Crippen molar-refractivity contribution >= 4 is 11.7 Å². The highest BCUT2D eigenvalue weighted by molar-refractivity contribution is 5.85. The lowest BCUT2D eigenvalue weighted by atomic mass is 9.82. The van der Waals surface area contributed by atoms with Crippen molar-refractivity contribution in [2.24, 2.45) is 11.8 Å². The molecular formula is C16H19NO3. The minimum atomic E-state index is -0.310. The summed E-state index contributed by atoms with van der Waals surface area (Å²) >= 11 is 0. The first-order valence-electron chi connectivity index (χ1n) is 7.24. The number of amides is 1. The SMILES string of the molecule is O=C(Cc1ccc2c(c1)CC(C(=O)NO)CC2)C1CC1. The van der Waals surface area contributed by atoms with Crippen LogP contribution in [0, 0.1) is 11.8 Å². The first-order valence-corrected chi connectivity index (χ1v) is 7.24. The van der Waals surface area contributed by atoms with Crippen molar-refractivity contribution in [3.8, 4) is 0 Å². The van der Waals surface area contributed by atoms with E-state index in [0.717, 1.165) is 36.8 Å². The zero-order chi connectivity index (χ0) is 14.1. The molecule has 0 heterocycles. The van der Waals surface area contributed by atoms with Gasteiger partial charge in [0.1, 0.15) is 5.78 Å². The number of rotatable bonds is 4. The summed E-state index contributed by atoms with van der Waals surface area (Å²) < 4.78 is 0. The molecule has 1 unspecified atom stereocenters. The monoisotopic (exact) mass is 273 g/mol. The van der Waals surface area contributed by atoms with E-state index in [1.165, 1.54) is 5.56 Å². The second-order valence-electron chi connectivity index (χ2n) is 5.94. The largest absolute Gasteiger partial charge is 0.299 e. The Hall–Kier alpha value is -1.68. The van der Waals surface area contributed by atoms with Crippen molar-refractivity contribution < 1.29 is 14.8 Å². The molecule has 0 saturated heterocycles. The Bertz CT molecular complexity index is 549. The van der Waals surface area contributed by atoms with Crippen LogP contribution >= 0.6 is 0 Å². The number of carbonyl (C=O) groups is 2. The van der Waals surface area contributed by atoms with Crippen molar-refractivity contribution in [3.05, 3.63) is 34.9 Å². The summed E-state index contributed by atoms with van der Waals surface area (Å²) in [5.41, 5.74) is 5.19. The molecule has 0 spiro atoms. The predicted octanol–water partition coefficient (Wildman–Crippen LogP) is 1.82. The number of nitrogens with one attached hydrogen (secondary N) is 1. The first kappa shape index (κ1) is 13.3. The number of fused-ring (bicyclic) bond motifs is 1. The third-order valence-electron chi connectivity index (χ3n) is 4.39. The average molecular weight is 273 g/mol. The van der Waals surface area contributed by atoms with Gasteiger partial charge in [-0.05, 0) is 48.8 Å². The van der Waals surface area contributed by atoms with Gasteiger partial charge in [0.2, 0.25) is 5.91 Å². The quantitative estimate of drug-likeness (QED) is 0.649. The summed E-state index contributed by atoms with van der Waals surface area (Å²) in [7, 11) is 0. The van der Waals surface area contributed by atoms with E-state index in [-0.39, 0.29) is 11.8 Å². The van der Waals surface area contributed by atoms with Gasteiger partial charge in [-0.15, -0.1) is 0 Å². The van der Waals surface area contributed by atoms with Crippen LogP contribution in [0.5, 0.6) is 0 Å². The summed E-state index contributed by atoms with van der Waals surface area (Å²) in [6, 6.07) is 6.18. The third kappa shape index (κ3) is 2.75. The van der Waals surface area contributed by atoms with Crippen LogP contribution in [0.25, 0.3) is 0 Å². The maximum atomic E-state index is 11.9. The second kappa shape index (κ2) is 5.37. The number of carbonyl (C=O) groups excluding carboxylic acids is 2. The maximum absolute atomic E-state index is 11.9. The summed E-state index contributed by atoms with van der Waals surface area (Å²) in [5.74, 6) is 0.154. The second-order valence-corrected chi connectivity index (χ2v) is 5.94. The average Bonchev–Trinajstić information content (AvgIpc) is 3.30. The van der Waals surface area contributed by atoms with Crippen molar-refractivity contribution in [2.75, 3.05) is 0 Å². The minimum Gasteiger partial charge on any atom is -0.299 e. The lowest BCUT2D eigenvalue weighted by Crippen LogP contribution is -2.32. The molecule has 4 heteroatoms. The van der Waals surface area contributed by atoms with Crippen molar-refractivity contribution in [1.82, 2.24) is 5.48 Å². The van der Waals surface area contributed by atoms with E-state index in [1.54, 1.807) is 5.48 Å². The number of hydrogen-bond acceptors (Lipinski definition) is 3. The van der Waals surface area contributed by atoms with Crippen LogP contribution < -0.4 is 5.48 Å². The molecule has 2 aliphatic rings. The van der Waals surface area contributed by atoms with Gasteiger partial charge in [-0.3, -0.25) is 14.8 Å². The third-order valence-corrected chi connectivity index (χ3v) is 4.39. The van der Waals surface area contributed by atoms with Gasteiger partial charge in [0.15, 0.2) is 0 Å². The number of hydrogen-bond donors (Lipinski definition) is 2. The van der Waals surface area contributed by atoms with Crippen LogP contribution in [0.1, 0.15) is 36.0 Å². The number of Topliss-reactive ketones (excluding diaryl/α,β-unsaturated/α-hetero) is 1. The van der Waals surface area contributed by atoms with Crippen LogP contribution in [0.4, 0.5) is 0 Å². The van der Waals surface area contributed by atoms with E-state index in [1.807, 2.05) is 6.07 Å². The van der Waals surface area contributed by atoms with Crippen molar-refractivity contribution in [2.45, 2.75) is 38.5 Å². The zero-order valence-electron chi connectivity index (χ0n) is 11.4. The van der Waals surface area contributed by atoms with Crippen molar-refractivity contribution in [1.29, 1.82) is 0 Å². The van der Waals surface area contributed by atoms with Gasteiger partial charge < -0.3 is 0 Å². The standard InChI is InChI=1S/C16H19NO3/c18-15(12-4-5-12)8-10-1-2-11-3-6-13(16(19)17-20)9-14(11)7-10/h1-2,7,12-13,20H,3-6,8-9H2,(H,17,19). The van der Waals surface area contributed by atoms with Gasteiger partial charge in [-0.25, -0.2) is 5.48 Å². The molecule has 1 aromatic carbocycles. The fraction of sp³-hybridized carbons (Fsp3) is 0.500. The Labute approximate surface area is 118 Å². The molecule has 20 heavy (non-hydrogen) atoms. The number of aryl methyl sites for hydroxylation is 1. The van der Waals surface area contributed by atoms with E-state index >= 15 is 0 Å². The molecule has 106 valence electrons. The molecule has 1 aromatic rings. The molecule has 0 radical (unpaired) electrons. The molecule has 1 fully saturated rings. The molecule has 1 saturated carbocycles. The summed E-state index contributed by atoms with van der Waals surface area (Å²) in [6.07, 6.45) is 4.86. The Kier molecular flexibility index (Phi) is 3.57. The number of hydroxylamine groups is 1. The van der Waals surface area contributed by atoms with Crippen LogP contribution in [0.3, 0.4) is 0 Å². The van der Waals surface area contributed by atoms with E-state index in [9.17, 15) is 9.59 Å². The number of ketones is 1. The smallest absolute Gasteiger partial charge is 0.246 e. The Morgan fingerprint density at radius 3 is 2.65 bits per heavy atom. The minimum absolute atomic E-state index is 0.165. The molecule has 0 aromatic heterocycles. The summed E-state index contributed by atoms with van der Waals surface area (Å²) in [4.78, 5) is 23.4. The lowest BCUT2D eigenvalue weighted by Gasteiger charge is -2.23. The van der Waals surface area contributed by atoms with E-state index in [2.05, 4.69) is 12.1 Å². The van der Waals surface area contributed by atoms with Gasteiger partial charge in [0.05, 0.1) is 0 Å². The fourth-order valence-electron chi connectivity index (χ4n) is 2.99. The van der Waals surface area contributed by atoms with Gasteiger partial charge >= 0.3 is 0 Å². The molecule has 0 bridgehead atoms. The molecule has 4 nitrogen and oxygen atoms in total. The topological polar surface area (TPSA) is 66.4 Å². The highest BCUT2D eigenvalue weighted by Gasteiger charge is 2.29. The normalized spacial score (nSPS) is 21.1. The van der Waals surface area contributed by atoms with Gasteiger partial charge in [0, 0.05) is 18.3 Å². The summed E-state index contributed by atoms with van der Waals surface area (Å²) in [6.45, 7) is 0. The van der Waals surface area contributed by atoms with Crippen LogP contribution in [0.2, 0.25) is 0 Å². The lowest BCUT2D eigenvalue weighted by molar-refractivity contribution is -0.133. The Balaban J connectivity index is 1.74. The van der Waals surface area contributed by atoms with Crippen LogP contribution in [0.15, 0.2) is 18.2 Å². The van der Waals surface area contributed by atoms with E-state index < -0.39 is 0 Å². The van der Waals surface area contributed by atoms with E-state index in [0.29, 0.717) is 24.5 Å². The predicted molar refractivity (Wildman–Crippen MR) is 73.3 cm³/mol. The highest BCUT2D eigenvalue weighted by Crippen LogP contribution is 2.32. The van der Waals surface area contributed by atoms with Gasteiger partial charge in [-0.2, -0.15) is 0 Å². The zero-order valence-corrected chi connectivity index (χ0v) is 11.4. The molecule has 0 aliphatic heterocycles. The molecule has 1 atom stereocenters. The summed E-state index contributed by atoms with van der Waals surface area (Å²) in [5, 5.41) is 8.73. The van der Waals surface area contributed by atoms with Crippen LogP contribution in [-0.4, -0.2) is 16.9 Å². The first-order chi connectivity index (χ1) is 9.67. The van der Waals surface area contributed by atoms with Crippen LogP contribution in [-0.2, 0) is 28.9 Å². The van der Waals surface area contributed by atoms with Gasteiger partial charge in [0.25, 0.3) is 0 Å². The highest BCUT2D eigenvalue weighted by atomic mass is 16.5. The number of benzene rings is 1. The molecule has 2 N–H and O–H groups in total. The Morgan fingerprint density at radius 1 is 1.15 bits per heavy atom. The Morgan fingerprint density at radius 2 is 1.95 bits per heavy atom. The molecule has 2 aliphatic carbocycles. The molecular weight excluding hydrogens is 254 g/mol. The molecule has 1 amide bonds. The fourth-order valence-corrected chi connectivity index (χ4v) is 2.99. The van der Waals surface area contributed by atoms with E-state index in [4.69, 9.17) is 5.21 Å². The molecule has 3 rings (SSSR count). The van der Waals surface area contributed by atoms with Gasteiger partial charge in [-0.1, -0.05) is 18.2 Å². The van der Waals surface area contributed by atoms with Crippen molar-refractivity contribution in [3.63, 3.8) is 0 Å². The maximum Gasteiger partial charge on any atom is 0.246 e.